The van der Waals surface area contributed by atoms with Crippen LogP contribution >= 0.6 is 11.6 Å². The van der Waals surface area contributed by atoms with Crippen molar-refractivity contribution in [3.63, 3.8) is 0 Å². The summed E-state index contributed by atoms with van der Waals surface area (Å²) in [6, 6.07) is 1.32. The van der Waals surface area contributed by atoms with Crippen molar-refractivity contribution >= 4 is 17.5 Å². The van der Waals surface area contributed by atoms with Gasteiger partial charge in [-0.2, -0.15) is 0 Å². The fourth-order valence-corrected chi connectivity index (χ4v) is 3.75. The Hall–Kier alpha value is -1.41. The zero-order valence-electron chi connectivity index (χ0n) is 13.5. The number of hydrogen-bond acceptors (Lipinski definition) is 5. The van der Waals surface area contributed by atoms with E-state index < -0.39 is 22.8 Å². The van der Waals surface area contributed by atoms with Crippen LogP contribution in [0.3, 0.4) is 0 Å². The first kappa shape index (κ1) is 17.4. The average Bonchev–Trinajstić information content (AvgIpc) is 2.56. The monoisotopic (exact) mass is 355 g/mol. The number of pyridine rings is 1. The van der Waals surface area contributed by atoms with Gasteiger partial charge < -0.3 is 25.5 Å². The average molecular weight is 356 g/mol. The second-order valence-electron chi connectivity index (χ2n) is 6.75. The minimum atomic E-state index is -0.817. The first-order chi connectivity index (χ1) is 11.4. The third kappa shape index (κ3) is 3.09. The van der Waals surface area contributed by atoms with Gasteiger partial charge in [0.15, 0.2) is 0 Å². The minimum absolute atomic E-state index is 0.0462. The van der Waals surface area contributed by atoms with Gasteiger partial charge in [0.05, 0.1) is 16.7 Å². The molecule has 1 amide bonds. The van der Waals surface area contributed by atoms with Crippen LogP contribution in [0.5, 0.6) is 0 Å². The van der Waals surface area contributed by atoms with E-state index in [0.717, 1.165) is 13.1 Å². The normalized spacial score (nSPS) is 29.4. The summed E-state index contributed by atoms with van der Waals surface area (Å²) in [7, 11) is 0. The molecular formula is C16H22ClN3O4. The lowest BCUT2D eigenvalue weighted by molar-refractivity contribution is -0.197. The molecule has 2 fully saturated rings. The second-order valence-corrected chi connectivity index (χ2v) is 7.16. The number of nitrogens with one attached hydrogen (secondary N) is 3. The van der Waals surface area contributed by atoms with Crippen molar-refractivity contribution in [2.45, 2.75) is 43.4 Å². The van der Waals surface area contributed by atoms with Crippen LogP contribution in [0.15, 0.2) is 17.1 Å². The van der Waals surface area contributed by atoms with Gasteiger partial charge in [0, 0.05) is 12.8 Å². The quantitative estimate of drug-likeness (QED) is 0.615. The van der Waals surface area contributed by atoms with Gasteiger partial charge in [0.1, 0.15) is 11.1 Å². The molecule has 0 aliphatic carbocycles. The Bertz CT molecular complexity index is 681. The highest BCUT2D eigenvalue weighted by Gasteiger charge is 2.53. The standard InChI is InChI=1S/C16H22ClN3O4/c1-15(20-12(21)10-8-11(17)13(22)19-9-10)4-7-24-16(14(15)23)2-5-18-6-3-16/h8-9,14,18,23H,2-7H2,1H3,(H,19,22)(H,20,21)/t14-,15+/m0/s1. The lowest BCUT2D eigenvalue weighted by Crippen LogP contribution is -2.69. The molecule has 0 unspecified atom stereocenters. The maximum atomic E-state index is 12.5. The van der Waals surface area contributed by atoms with Gasteiger partial charge in [-0.3, -0.25) is 9.59 Å². The Balaban J connectivity index is 1.80. The number of amides is 1. The van der Waals surface area contributed by atoms with Crippen LogP contribution in [0.1, 0.15) is 36.5 Å². The van der Waals surface area contributed by atoms with Crippen LogP contribution in [0, 0.1) is 0 Å². The largest absolute Gasteiger partial charge is 0.388 e. The highest BCUT2D eigenvalue weighted by atomic mass is 35.5. The number of H-pyrrole nitrogens is 1. The van der Waals surface area contributed by atoms with E-state index in [2.05, 4.69) is 15.6 Å². The van der Waals surface area contributed by atoms with E-state index in [0.29, 0.717) is 25.9 Å². The predicted molar refractivity (Wildman–Crippen MR) is 89.4 cm³/mol. The molecule has 2 atom stereocenters. The Morgan fingerprint density at radius 3 is 2.79 bits per heavy atom. The van der Waals surface area contributed by atoms with Crippen LogP contribution in [-0.2, 0) is 4.74 Å². The molecule has 0 radical (unpaired) electrons. The van der Waals surface area contributed by atoms with E-state index in [9.17, 15) is 14.7 Å². The van der Waals surface area contributed by atoms with E-state index in [-0.39, 0.29) is 16.5 Å². The maximum Gasteiger partial charge on any atom is 0.266 e. The number of aromatic amines is 1. The van der Waals surface area contributed by atoms with Crippen LogP contribution in [0.2, 0.25) is 5.02 Å². The Kier molecular flexibility index (Phi) is 4.70. The number of piperidine rings is 1. The lowest BCUT2D eigenvalue weighted by atomic mass is 9.73. The smallest absolute Gasteiger partial charge is 0.266 e. The Morgan fingerprint density at radius 2 is 2.12 bits per heavy atom. The molecule has 1 aromatic heterocycles. The molecule has 2 aliphatic rings. The van der Waals surface area contributed by atoms with Gasteiger partial charge in [0.2, 0.25) is 0 Å². The van der Waals surface area contributed by atoms with Gasteiger partial charge in [0.25, 0.3) is 11.5 Å². The molecule has 132 valence electrons. The number of carbonyl (C=O) groups excluding carboxylic acids is 1. The molecule has 0 bridgehead atoms. The number of halogens is 1. The maximum absolute atomic E-state index is 12.5. The summed E-state index contributed by atoms with van der Waals surface area (Å²) < 4.78 is 5.93. The van der Waals surface area contributed by atoms with Crippen LogP contribution in [0.4, 0.5) is 0 Å². The summed E-state index contributed by atoms with van der Waals surface area (Å²) >= 11 is 5.78. The minimum Gasteiger partial charge on any atom is -0.388 e. The number of aliphatic hydroxyl groups excluding tert-OH is 1. The molecule has 3 rings (SSSR count). The number of aliphatic hydroxyl groups is 1. The third-order valence-corrected chi connectivity index (χ3v) is 5.36. The second kappa shape index (κ2) is 6.48. The van der Waals surface area contributed by atoms with Crippen molar-refractivity contribution < 1.29 is 14.6 Å². The van der Waals surface area contributed by atoms with Gasteiger partial charge in [-0.1, -0.05) is 11.6 Å². The van der Waals surface area contributed by atoms with E-state index >= 15 is 0 Å². The van der Waals surface area contributed by atoms with Crippen molar-refractivity contribution in [2.24, 2.45) is 0 Å². The van der Waals surface area contributed by atoms with Gasteiger partial charge in [-0.15, -0.1) is 0 Å². The van der Waals surface area contributed by atoms with Crippen molar-refractivity contribution in [3.05, 3.63) is 33.2 Å². The van der Waals surface area contributed by atoms with Crippen molar-refractivity contribution in [1.82, 2.24) is 15.6 Å². The molecule has 0 aromatic carbocycles. The fourth-order valence-electron chi connectivity index (χ4n) is 3.58. The van der Waals surface area contributed by atoms with E-state index in [4.69, 9.17) is 16.3 Å². The molecular weight excluding hydrogens is 334 g/mol. The molecule has 2 saturated heterocycles. The van der Waals surface area contributed by atoms with Crippen molar-refractivity contribution in [3.8, 4) is 0 Å². The van der Waals surface area contributed by atoms with E-state index in [1.807, 2.05) is 6.92 Å². The molecule has 0 saturated carbocycles. The predicted octanol–water partition coefficient (Wildman–Crippen LogP) is 0.420. The number of hydrogen-bond donors (Lipinski definition) is 4. The van der Waals surface area contributed by atoms with Crippen molar-refractivity contribution in [2.75, 3.05) is 19.7 Å². The summed E-state index contributed by atoms with van der Waals surface area (Å²) in [5.41, 5.74) is -1.64. The zero-order valence-corrected chi connectivity index (χ0v) is 14.3. The molecule has 2 aliphatic heterocycles. The SMILES string of the molecule is C[C@@]1(NC(=O)c2c[nH]c(=O)c(Cl)c2)CCOC2(CCNCC2)[C@H]1O. The van der Waals surface area contributed by atoms with Crippen LogP contribution in [-0.4, -0.2) is 52.9 Å². The highest BCUT2D eigenvalue weighted by molar-refractivity contribution is 6.30. The topological polar surface area (TPSA) is 103 Å². The number of rotatable bonds is 2. The molecule has 8 heteroatoms. The molecule has 7 nitrogen and oxygen atoms in total. The summed E-state index contributed by atoms with van der Waals surface area (Å²) in [6.07, 6.45) is 2.40. The summed E-state index contributed by atoms with van der Waals surface area (Å²) in [6.45, 7) is 3.85. The molecule has 1 spiro atoms. The van der Waals surface area contributed by atoms with E-state index in [1.54, 1.807) is 0 Å². The summed E-state index contributed by atoms with van der Waals surface area (Å²) in [5, 5.41) is 17.1. The third-order valence-electron chi connectivity index (χ3n) is 5.08. The van der Waals surface area contributed by atoms with Crippen LogP contribution in [0.25, 0.3) is 0 Å². The number of carbonyl (C=O) groups is 1. The molecule has 24 heavy (non-hydrogen) atoms. The van der Waals surface area contributed by atoms with E-state index in [1.165, 1.54) is 12.3 Å². The lowest BCUT2D eigenvalue weighted by Gasteiger charge is -2.52. The molecule has 3 heterocycles. The molecule has 1 aromatic rings. The van der Waals surface area contributed by atoms with Gasteiger partial charge in [-0.05, 0) is 45.3 Å². The summed E-state index contributed by atoms with van der Waals surface area (Å²) in [4.78, 5) is 26.3. The first-order valence-electron chi connectivity index (χ1n) is 8.10. The first-order valence-corrected chi connectivity index (χ1v) is 8.48. The summed E-state index contributed by atoms with van der Waals surface area (Å²) in [5.74, 6) is -0.388. The van der Waals surface area contributed by atoms with Gasteiger partial charge in [-0.25, -0.2) is 0 Å². The number of aromatic nitrogens is 1. The van der Waals surface area contributed by atoms with Crippen LogP contribution < -0.4 is 16.2 Å². The fraction of sp³-hybridized carbons (Fsp3) is 0.625. The Labute approximate surface area is 144 Å². The Morgan fingerprint density at radius 1 is 1.42 bits per heavy atom. The number of ether oxygens (including phenoxy) is 1. The zero-order chi connectivity index (χ0) is 17.4. The highest BCUT2D eigenvalue weighted by Crippen LogP contribution is 2.38. The molecule has 4 N–H and O–H groups in total. The van der Waals surface area contributed by atoms with Crippen molar-refractivity contribution in [1.29, 1.82) is 0 Å². The van der Waals surface area contributed by atoms with Gasteiger partial charge >= 0.3 is 0 Å².